The smallest absolute Gasteiger partial charge is 0.250 e. The van der Waals surface area contributed by atoms with E-state index in [4.69, 9.17) is 10.9 Å². The van der Waals surface area contributed by atoms with Gasteiger partial charge in [-0.3, -0.25) is 4.79 Å². The average molecular weight is 506 g/mol. The highest BCUT2D eigenvalue weighted by Crippen LogP contribution is 2.37. The number of halogens is 2. The molecule has 2 aromatic carbocycles. The minimum absolute atomic E-state index is 0.249. The van der Waals surface area contributed by atoms with Crippen molar-refractivity contribution in [1.29, 1.82) is 0 Å². The van der Waals surface area contributed by atoms with Crippen molar-refractivity contribution in [2.75, 3.05) is 0 Å². The summed E-state index contributed by atoms with van der Waals surface area (Å²) in [6.07, 6.45) is 2.88. The Labute approximate surface area is 188 Å². The summed E-state index contributed by atoms with van der Waals surface area (Å²) < 4.78 is 40.3. The number of primary amides is 1. The topological polar surface area (TPSA) is 108 Å². The number of benzene rings is 2. The first-order chi connectivity index (χ1) is 14.6. The summed E-state index contributed by atoms with van der Waals surface area (Å²) in [5, 5.41) is 5.07. The third kappa shape index (κ3) is 4.73. The van der Waals surface area contributed by atoms with E-state index in [0.717, 1.165) is 46.4 Å². The van der Waals surface area contributed by atoms with Gasteiger partial charge in [-0.05, 0) is 66.6 Å². The lowest BCUT2D eigenvalue weighted by atomic mass is 10.1. The molecule has 4 rings (SSSR count). The molecule has 1 aromatic heterocycles. The van der Waals surface area contributed by atoms with Crippen molar-refractivity contribution in [2.24, 2.45) is 16.8 Å². The van der Waals surface area contributed by atoms with E-state index in [0.29, 0.717) is 23.5 Å². The van der Waals surface area contributed by atoms with Crippen LogP contribution in [-0.2, 0) is 23.0 Å². The molecule has 0 unspecified atom stereocenters. The number of hydrogen-bond acceptors (Lipinski definition) is 3. The number of aromatic nitrogens is 1. The molecule has 0 saturated heterocycles. The first-order valence-corrected chi connectivity index (χ1v) is 12.1. The van der Waals surface area contributed by atoms with E-state index < -0.39 is 26.6 Å². The molecule has 1 fully saturated rings. The Morgan fingerprint density at radius 3 is 2.48 bits per heavy atom. The first kappa shape index (κ1) is 21.7. The molecule has 162 valence electrons. The quantitative estimate of drug-likeness (QED) is 0.509. The Bertz CT molecular complexity index is 1280. The van der Waals surface area contributed by atoms with Crippen LogP contribution in [0.2, 0.25) is 0 Å². The van der Waals surface area contributed by atoms with Crippen LogP contribution in [0.4, 0.5) is 4.39 Å². The van der Waals surface area contributed by atoms with Crippen molar-refractivity contribution in [1.82, 2.24) is 4.57 Å². The van der Waals surface area contributed by atoms with Crippen molar-refractivity contribution in [3.63, 3.8) is 0 Å². The molecule has 0 bridgehead atoms. The SMILES string of the molecule is NC(=O)c1cc(-c2cccc(Br)c2)n(Cc2ccc(S(N)(=O)=O)c(F)c2)c1CC1CC1. The second kappa shape index (κ2) is 8.22. The second-order valence-corrected chi connectivity index (χ2v) is 10.3. The lowest BCUT2D eigenvalue weighted by Crippen LogP contribution is -2.16. The van der Waals surface area contributed by atoms with Gasteiger partial charge in [0.15, 0.2) is 0 Å². The van der Waals surface area contributed by atoms with E-state index in [1.165, 1.54) is 6.07 Å². The van der Waals surface area contributed by atoms with E-state index in [9.17, 15) is 17.6 Å². The van der Waals surface area contributed by atoms with E-state index in [2.05, 4.69) is 15.9 Å². The Kier molecular flexibility index (Phi) is 5.76. The van der Waals surface area contributed by atoms with Crippen LogP contribution in [0.3, 0.4) is 0 Å². The molecule has 0 aliphatic heterocycles. The molecule has 0 spiro atoms. The number of carbonyl (C=O) groups is 1. The van der Waals surface area contributed by atoms with Crippen LogP contribution in [0.5, 0.6) is 0 Å². The summed E-state index contributed by atoms with van der Waals surface area (Å²) in [5.74, 6) is -0.931. The third-order valence-corrected chi connectivity index (χ3v) is 6.85. The lowest BCUT2D eigenvalue weighted by molar-refractivity contribution is 0.0999. The number of rotatable bonds is 7. The van der Waals surface area contributed by atoms with Crippen molar-refractivity contribution >= 4 is 31.9 Å². The predicted molar refractivity (Wildman–Crippen MR) is 119 cm³/mol. The number of carbonyl (C=O) groups excluding carboxylic acids is 1. The third-order valence-electron chi connectivity index (χ3n) is 5.42. The van der Waals surface area contributed by atoms with Gasteiger partial charge in [-0.25, -0.2) is 17.9 Å². The minimum Gasteiger partial charge on any atom is -0.366 e. The fourth-order valence-corrected chi connectivity index (χ4v) is 4.73. The number of nitrogens with zero attached hydrogens (tertiary/aromatic N) is 1. The monoisotopic (exact) mass is 505 g/mol. The second-order valence-electron chi connectivity index (χ2n) is 7.81. The van der Waals surface area contributed by atoms with Gasteiger partial charge in [0.2, 0.25) is 10.0 Å². The highest BCUT2D eigenvalue weighted by atomic mass is 79.9. The van der Waals surface area contributed by atoms with E-state index in [1.54, 1.807) is 6.07 Å². The van der Waals surface area contributed by atoms with Crippen molar-refractivity contribution in [3.8, 4) is 11.3 Å². The van der Waals surface area contributed by atoms with E-state index in [-0.39, 0.29) is 6.54 Å². The Morgan fingerprint density at radius 2 is 1.90 bits per heavy atom. The van der Waals surface area contributed by atoms with Crippen LogP contribution >= 0.6 is 15.9 Å². The highest BCUT2D eigenvalue weighted by Gasteiger charge is 2.28. The number of hydrogen-bond donors (Lipinski definition) is 2. The van der Waals surface area contributed by atoms with Gasteiger partial charge in [0.25, 0.3) is 5.91 Å². The molecule has 1 heterocycles. The molecule has 0 radical (unpaired) electrons. The molecular formula is C22H21BrFN3O3S. The lowest BCUT2D eigenvalue weighted by Gasteiger charge is -2.15. The predicted octanol–water partition coefficient (Wildman–Crippen LogP) is 3.80. The maximum absolute atomic E-state index is 14.4. The number of amides is 1. The molecule has 1 aliphatic rings. The van der Waals surface area contributed by atoms with Gasteiger partial charge in [0.05, 0.1) is 5.56 Å². The molecule has 0 atom stereocenters. The molecule has 31 heavy (non-hydrogen) atoms. The summed E-state index contributed by atoms with van der Waals surface area (Å²) in [4.78, 5) is 11.7. The van der Waals surface area contributed by atoms with Gasteiger partial charge in [-0.1, -0.05) is 34.1 Å². The molecule has 9 heteroatoms. The normalized spacial score (nSPS) is 14.0. The van der Waals surface area contributed by atoms with Crippen LogP contribution in [0.1, 0.15) is 34.5 Å². The van der Waals surface area contributed by atoms with Gasteiger partial charge < -0.3 is 10.3 Å². The molecule has 1 amide bonds. The Hall–Kier alpha value is -2.49. The van der Waals surface area contributed by atoms with Crippen molar-refractivity contribution < 1.29 is 17.6 Å². The number of nitrogens with two attached hydrogens (primary N) is 2. The molecule has 6 nitrogen and oxygen atoms in total. The number of sulfonamides is 1. The van der Waals surface area contributed by atoms with Crippen LogP contribution in [0, 0.1) is 11.7 Å². The van der Waals surface area contributed by atoms with E-state index >= 15 is 0 Å². The average Bonchev–Trinajstić information content (AvgIpc) is 3.42. The van der Waals surface area contributed by atoms with Crippen LogP contribution < -0.4 is 10.9 Å². The molecule has 1 saturated carbocycles. The molecule has 1 aliphatic carbocycles. The Balaban J connectivity index is 1.84. The van der Waals surface area contributed by atoms with Crippen LogP contribution in [-0.4, -0.2) is 18.9 Å². The minimum atomic E-state index is -4.15. The maximum Gasteiger partial charge on any atom is 0.250 e. The molecule has 4 N–H and O–H groups in total. The zero-order valence-corrected chi connectivity index (χ0v) is 18.9. The van der Waals surface area contributed by atoms with Gasteiger partial charge in [-0.2, -0.15) is 0 Å². The van der Waals surface area contributed by atoms with Crippen LogP contribution in [0.25, 0.3) is 11.3 Å². The van der Waals surface area contributed by atoms with Crippen LogP contribution in [0.15, 0.2) is 57.9 Å². The van der Waals surface area contributed by atoms with Gasteiger partial charge in [0, 0.05) is 22.4 Å². The van der Waals surface area contributed by atoms with Gasteiger partial charge in [0.1, 0.15) is 10.7 Å². The zero-order chi connectivity index (χ0) is 22.3. The summed E-state index contributed by atoms with van der Waals surface area (Å²) >= 11 is 3.47. The Morgan fingerprint density at radius 1 is 1.16 bits per heavy atom. The fraction of sp³-hybridized carbons (Fsp3) is 0.227. The fourth-order valence-electron chi connectivity index (χ4n) is 3.74. The molecular weight excluding hydrogens is 485 g/mol. The highest BCUT2D eigenvalue weighted by molar-refractivity contribution is 9.10. The van der Waals surface area contributed by atoms with Crippen molar-refractivity contribution in [2.45, 2.75) is 30.7 Å². The first-order valence-electron chi connectivity index (χ1n) is 9.73. The standard InChI is InChI=1S/C22H21BrFN3O3S/c23-16-3-1-2-15(10-16)19-11-17(22(25)28)20(9-13-4-5-13)27(19)12-14-6-7-21(18(24)8-14)31(26,29)30/h1-3,6-8,10-11,13H,4-5,9,12H2,(H2,25,28)(H2,26,29,30). The molecule has 3 aromatic rings. The zero-order valence-electron chi connectivity index (χ0n) is 16.5. The number of primary sulfonamides is 1. The summed E-state index contributed by atoms with van der Waals surface area (Å²) in [6, 6.07) is 13.3. The summed E-state index contributed by atoms with van der Waals surface area (Å²) in [7, 11) is -4.15. The largest absolute Gasteiger partial charge is 0.366 e. The summed E-state index contributed by atoms with van der Waals surface area (Å²) in [6.45, 7) is 0.249. The van der Waals surface area contributed by atoms with Gasteiger partial charge >= 0.3 is 0 Å². The van der Waals surface area contributed by atoms with Gasteiger partial charge in [-0.15, -0.1) is 0 Å². The van der Waals surface area contributed by atoms with Crippen molar-refractivity contribution in [3.05, 3.63) is 75.6 Å². The maximum atomic E-state index is 14.4. The summed E-state index contributed by atoms with van der Waals surface area (Å²) in [5.41, 5.74) is 9.14. The van der Waals surface area contributed by atoms with E-state index in [1.807, 2.05) is 28.8 Å².